The molecule has 0 saturated carbocycles. The first-order valence-electron chi connectivity index (χ1n) is 23.7. The van der Waals surface area contributed by atoms with Gasteiger partial charge >= 0.3 is 23.5 Å². The Balaban J connectivity index is 1.28. The first-order valence-corrected chi connectivity index (χ1v) is 29.2. The second-order valence-corrected chi connectivity index (χ2v) is 23.3. The van der Waals surface area contributed by atoms with Crippen LogP contribution in [0.2, 0.25) is 0 Å². The highest BCUT2D eigenvalue weighted by molar-refractivity contribution is 8.13. The molecule has 3 rings (SSSR count). The summed E-state index contributed by atoms with van der Waals surface area (Å²) >= 11 is 1.00. The molecule has 0 bridgehead atoms. The van der Waals surface area contributed by atoms with Crippen LogP contribution in [0.1, 0.15) is 143 Å². The molecule has 0 spiro atoms. The van der Waals surface area contributed by atoms with Crippen molar-refractivity contribution in [3.8, 4) is 0 Å². The van der Waals surface area contributed by atoms with Crippen LogP contribution in [0.3, 0.4) is 0 Å². The van der Waals surface area contributed by atoms with E-state index in [-0.39, 0.29) is 53.8 Å². The molecule has 1 aliphatic rings. The maximum absolute atomic E-state index is 12.8. The van der Waals surface area contributed by atoms with Gasteiger partial charge in [0.25, 0.3) is 0 Å². The van der Waals surface area contributed by atoms with E-state index in [1.165, 1.54) is 90.9 Å². The number of amides is 2. The van der Waals surface area contributed by atoms with Crippen LogP contribution in [-0.4, -0.2) is 134 Å². The molecule has 0 aliphatic carbocycles. The molecule has 29 heteroatoms. The van der Waals surface area contributed by atoms with E-state index in [9.17, 15) is 63.0 Å². The van der Waals surface area contributed by atoms with Gasteiger partial charge in [-0.25, -0.2) is 28.6 Å². The number of fused-ring (bicyclic) bond motifs is 1. The van der Waals surface area contributed by atoms with E-state index in [1.54, 1.807) is 0 Å². The van der Waals surface area contributed by atoms with Gasteiger partial charge in [0.1, 0.15) is 36.3 Å². The van der Waals surface area contributed by atoms with Crippen molar-refractivity contribution in [3.05, 3.63) is 12.7 Å². The van der Waals surface area contributed by atoms with Gasteiger partial charge in [0.15, 0.2) is 22.8 Å². The predicted octanol–water partition coefficient (Wildman–Crippen LogP) is 4.68. The molecule has 2 aromatic rings. The van der Waals surface area contributed by atoms with Crippen molar-refractivity contribution in [2.24, 2.45) is 5.41 Å². The van der Waals surface area contributed by atoms with Crippen LogP contribution < -0.4 is 16.4 Å². The molecule has 3 heterocycles. The topological polar surface area (TPSA) is 384 Å². The number of phosphoric ester groups is 3. The molecule has 2 amide bonds. The average Bonchev–Trinajstić information content (AvgIpc) is 3.84. The molecule has 0 aromatic carbocycles. The quantitative estimate of drug-likeness (QED) is 0.0324. The first-order chi connectivity index (χ1) is 32.9. The third kappa shape index (κ3) is 23.2. The zero-order chi connectivity index (χ0) is 52.0. The Bertz CT molecular complexity index is 2070. The van der Waals surface area contributed by atoms with Crippen molar-refractivity contribution in [1.29, 1.82) is 0 Å². The number of imidazole rings is 1. The van der Waals surface area contributed by atoms with Crippen molar-refractivity contribution in [2.75, 3.05) is 37.8 Å². The van der Waals surface area contributed by atoms with Crippen molar-refractivity contribution in [2.45, 2.75) is 173 Å². The highest BCUT2D eigenvalue weighted by Crippen LogP contribution is 2.61. The standard InChI is InChI=1S/C41H74N7O18P3S/c1-4-5-6-7-8-9-10-11-12-13-14-15-16-17-18-19-29(49)24-32(51)70-23-22-43-31(50)20-21-44-39(54)36(53)41(2,3)26-63-69(60,61)66-68(58,59)62-25-30-35(65-67(55,56)57)34(52)40(64-30)48-28-47-33-37(42)45-27-46-38(33)48/h27-30,34-36,40,49,52-53H,4-26H2,1-3H3,(H,43,50)(H,44,54)(H,58,59)(H,60,61)(H2,42,45,46)(H2,55,56,57)/t29-,30+,34+,35+,36-,40+/m0/s1. The molecule has 1 aliphatic heterocycles. The summed E-state index contributed by atoms with van der Waals surface area (Å²) < 4.78 is 62.4. The van der Waals surface area contributed by atoms with E-state index in [1.807, 2.05) is 0 Å². The number of nitrogens with two attached hydrogens (primary N) is 1. The summed E-state index contributed by atoms with van der Waals surface area (Å²) in [6.07, 6.45) is 11.6. The number of aliphatic hydroxyl groups excluding tert-OH is 3. The normalized spacial score (nSPS) is 20.2. The summed E-state index contributed by atoms with van der Waals surface area (Å²) in [5.74, 6) is -1.21. The zero-order valence-electron chi connectivity index (χ0n) is 40.1. The van der Waals surface area contributed by atoms with Crippen molar-refractivity contribution in [3.63, 3.8) is 0 Å². The molecule has 2 aromatic heterocycles. The summed E-state index contributed by atoms with van der Waals surface area (Å²) in [5.41, 5.74) is 4.26. The van der Waals surface area contributed by atoms with Gasteiger partial charge in [-0.3, -0.25) is 32.5 Å². The lowest BCUT2D eigenvalue weighted by Gasteiger charge is -2.30. The zero-order valence-corrected chi connectivity index (χ0v) is 43.6. The second-order valence-electron chi connectivity index (χ2n) is 17.9. The van der Waals surface area contributed by atoms with Crippen molar-refractivity contribution < 1.29 is 85.6 Å². The smallest absolute Gasteiger partial charge is 0.393 e. The molecule has 25 nitrogen and oxygen atoms in total. The Morgan fingerprint density at radius 3 is 2.04 bits per heavy atom. The Hall–Kier alpha value is -2.48. The van der Waals surface area contributed by atoms with Gasteiger partial charge in [-0.15, -0.1) is 0 Å². The van der Waals surface area contributed by atoms with Gasteiger partial charge in [0.2, 0.25) is 11.8 Å². The van der Waals surface area contributed by atoms with Gasteiger partial charge in [-0.1, -0.05) is 129 Å². The van der Waals surface area contributed by atoms with Crippen LogP contribution in [0.4, 0.5) is 5.82 Å². The number of carbonyl (C=O) groups is 3. The fourth-order valence-corrected chi connectivity index (χ4v) is 11.0. The van der Waals surface area contributed by atoms with Crippen LogP contribution in [-0.2, 0) is 50.7 Å². The number of anilines is 1. The number of thioether (sulfide) groups is 1. The number of aliphatic hydroxyl groups is 3. The molecular weight excluding hydrogens is 1000 g/mol. The number of nitrogens with zero attached hydrogens (tertiary/aromatic N) is 4. The van der Waals surface area contributed by atoms with Gasteiger partial charge in [0, 0.05) is 37.1 Å². The van der Waals surface area contributed by atoms with Crippen LogP contribution in [0.5, 0.6) is 0 Å². The molecule has 11 N–H and O–H groups in total. The summed E-state index contributed by atoms with van der Waals surface area (Å²) in [6.45, 7) is 2.65. The summed E-state index contributed by atoms with van der Waals surface area (Å²) in [7, 11) is -16.4. The van der Waals surface area contributed by atoms with E-state index in [0.29, 0.717) is 6.42 Å². The maximum atomic E-state index is 12.8. The number of aromatic nitrogens is 4. The number of nitrogen functional groups attached to an aromatic ring is 1. The molecule has 70 heavy (non-hydrogen) atoms. The summed E-state index contributed by atoms with van der Waals surface area (Å²) in [5, 5.41) is 36.7. The lowest BCUT2D eigenvalue weighted by Crippen LogP contribution is -2.46. The summed E-state index contributed by atoms with van der Waals surface area (Å²) in [4.78, 5) is 88.5. The van der Waals surface area contributed by atoms with Crippen molar-refractivity contribution >= 4 is 69.1 Å². The van der Waals surface area contributed by atoms with Gasteiger partial charge < -0.3 is 56.0 Å². The minimum Gasteiger partial charge on any atom is -0.393 e. The third-order valence-electron chi connectivity index (χ3n) is 11.3. The molecule has 1 fully saturated rings. The molecule has 8 atom stereocenters. The largest absolute Gasteiger partial charge is 0.481 e. The number of rotatable bonds is 37. The van der Waals surface area contributed by atoms with E-state index >= 15 is 0 Å². The molecule has 1 saturated heterocycles. The highest BCUT2D eigenvalue weighted by Gasteiger charge is 2.50. The molecule has 402 valence electrons. The van der Waals surface area contributed by atoms with E-state index in [4.69, 9.17) is 19.5 Å². The lowest BCUT2D eigenvalue weighted by molar-refractivity contribution is -0.137. The monoisotopic (exact) mass is 1080 g/mol. The highest BCUT2D eigenvalue weighted by atomic mass is 32.2. The van der Waals surface area contributed by atoms with Crippen LogP contribution in [0.25, 0.3) is 11.2 Å². The van der Waals surface area contributed by atoms with Crippen molar-refractivity contribution in [1.82, 2.24) is 30.2 Å². The van der Waals surface area contributed by atoms with Gasteiger partial charge in [-0.05, 0) is 6.42 Å². The minimum atomic E-state index is -5.59. The minimum absolute atomic E-state index is 0.0269. The number of carbonyl (C=O) groups excluding carboxylic acids is 3. The van der Waals surface area contributed by atoms with E-state index in [0.717, 1.165) is 48.2 Å². The summed E-state index contributed by atoms with van der Waals surface area (Å²) in [6, 6.07) is 0. The van der Waals surface area contributed by atoms with Gasteiger partial charge in [-0.2, -0.15) is 4.31 Å². The van der Waals surface area contributed by atoms with Crippen LogP contribution >= 0.6 is 35.2 Å². The number of hydrogen-bond acceptors (Lipinski definition) is 19. The Labute approximate surface area is 412 Å². The van der Waals surface area contributed by atoms with Gasteiger partial charge in [0.05, 0.1) is 25.6 Å². The first kappa shape index (κ1) is 61.8. The Kier molecular flexibility index (Phi) is 27.1. The lowest BCUT2D eigenvalue weighted by atomic mass is 9.87. The number of hydrogen-bond donors (Lipinski definition) is 10. The maximum Gasteiger partial charge on any atom is 0.481 e. The fourth-order valence-electron chi connectivity index (χ4n) is 7.40. The average molecular weight is 1080 g/mol. The number of nitrogens with one attached hydrogen (secondary N) is 2. The number of phosphoric acid groups is 3. The van der Waals surface area contributed by atoms with Crippen LogP contribution in [0.15, 0.2) is 12.7 Å². The van der Waals surface area contributed by atoms with E-state index < -0.39 is 90.7 Å². The molecule has 2 unspecified atom stereocenters. The van der Waals surface area contributed by atoms with Crippen LogP contribution in [0, 0.1) is 5.41 Å². The van der Waals surface area contributed by atoms with E-state index in [2.05, 4.69) is 41.3 Å². The predicted molar refractivity (Wildman–Crippen MR) is 257 cm³/mol. The Morgan fingerprint density at radius 1 is 0.857 bits per heavy atom. The third-order valence-corrected chi connectivity index (χ3v) is 15.3. The molecular formula is C41H74N7O18P3S. The molecule has 0 radical (unpaired) electrons. The fraction of sp³-hybridized carbons (Fsp3) is 0.805. The second kappa shape index (κ2) is 30.7. The number of unbranched alkanes of at least 4 members (excludes halogenated alkanes) is 14. The SMILES string of the molecule is CCCCCCCCCCCCCCCCC[C@H](O)CC(=O)SCCNC(=O)CCNC(=O)[C@H](O)C(C)(C)COP(=O)(O)OP(=O)(O)OC[C@H]1O[C@@H](n2cnc3c(N)ncnc32)[C@H](O)[C@@H]1OP(=O)(O)O. The Morgan fingerprint density at radius 2 is 1.44 bits per heavy atom. The number of ether oxygens (including phenoxy) is 1.